The maximum Gasteiger partial charge on any atom is 0.129 e. The molecule has 0 radical (unpaired) electrons. The fourth-order valence-electron chi connectivity index (χ4n) is 1.06. The van der Waals surface area contributed by atoms with Gasteiger partial charge in [-0.2, -0.15) is 0 Å². The molecule has 0 amide bonds. The summed E-state index contributed by atoms with van der Waals surface area (Å²) in [5.74, 6) is -0.964. The Balaban J connectivity index is 2.99. The molecule has 4 N–H and O–H groups in total. The molecule has 2 unspecified atom stereocenters. The maximum atomic E-state index is 13.1. The Labute approximate surface area is 79.9 Å². The van der Waals surface area contributed by atoms with E-state index in [2.05, 4.69) is 0 Å². The number of phenolic OH excluding ortho intramolecular Hbond substituents is 1. The summed E-state index contributed by atoms with van der Waals surface area (Å²) in [4.78, 5) is 0. The first-order valence-electron chi connectivity index (χ1n) is 4.01. The van der Waals surface area contributed by atoms with Gasteiger partial charge in [-0.25, -0.2) is 4.39 Å². The summed E-state index contributed by atoms with van der Waals surface area (Å²) in [7, 11) is 0. The molecule has 0 aliphatic rings. The van der Waals surface area contributed by atoms with Crippen LogP contribution in [0.2, 0.25) is 0 Å². The first-order valence-corrected chi connectivity index (χ1v) is 4.01. The predicted molar refractivity (Wildman–Crippen MR) is 46.1 cm³/mol. The van der Waals surface area contributed by atoms with Crippen molar-refractivity contribution in [1.82, 2.24) is 0 Å². The Morgan fingerprint density at radius 2 is 1.93 bits per heavy atom. The highest BCUT2D eigenvalue weighted by Crippen LogP contribution is 2.23. The molecule has 2 atom stereocenters. The second-order valence-corrected chi connectivity index (χ2v) is 2.90. The fraction of sp³-hybridized carbons (Fsp3) is 0.333. The Morgan fingerprint density at radius 3 is 2.50 bits per heavy atom. The Bertz CT molecular complexity index is 316. The Kier molecular flexibility index (Phi) is 3.40. The number of rotatable bonds is 3. The number of phenols is 1. The van der Waals surface area contributed by atoms with Gasteiger partial charge in [-0.3, -0.25) is 0 Å². The first kappa shape index (κ1) is 10.9. The standard InChI is InChI=1S/C9H11FO4/c10-7-2-1-5(12)3-6(7)9(14)8(13)4-11/h1-3,8-9,11-14H,4H2. The fourth-order valence-corrected chi connectivity index (χ4v) is 1.06. The predicted octanol–water partition coefficient (Wildman–Crippen LogP) is -0.0821. The van der Waals surface area contributed by atoms with Gasteiger partial charge in [0.05, 0.1) is 6.61 Å². The molecule has 0 aromatic heterocycles. The highest BCUT2D eigenvalue weighted by Gasteiger charge is 2.21. The number of hydrogen-bond donors (Lipinski definition) is 4. The van der Waals surface area contributed by atoms with Gasteiger partial charge in [0.1, 0.15) is 23.8 Å². The number of aromatic hydroxyl groups is 1. The number of aliphatic hydroxyl groups excluding tert-OH is 3. The molecule has 0 saturated heterocycles. The average molecular weight is 202 g/mol. The van der Waals surface area contributed by atoms with Crippen LogP contribution in [0.3, 0.4) is 0 Å². The van der Waals surface area contributed by atoms with Crippen LogP contribution in [0.5, 0.6) is 5.75 Å². The normalized spacial score (nSPS) is 15.1. The molecule has 5 heteroatoms. The summed E-state index contributed by atoms with van der Waals surface area (Å²) in [6, 6.07) is 3.09. The van der Waals surface area contributed by atoms with Crippen molar-refractivity contribution in [2.45, 2.75) is 12.2 Å². The highest BCUT2D eigenvalue weighted by molar-refractivity contribution is 5.30. The summed E-state index contributed by atoms with van der Waals surface area (Å²) in [6.07, 6.45) is -3.02. The third-order valence-electron chi connectivity index (χ3n) is 1.85. The van der Waals surface area contributed by atoms with Crippen molar-refractivity contribution >= 4 is 0 Å². The molecular weight excluding hydrogens is 191 g/mol. The monoisotopic (exact) mass is 202 g/mol. The zero-order valence-corrected chi connectivity index (χ0v) is 7.26. The van der Waals surface area contributed by atoms with Crippen LogP contribution in [-0.4, -0.2) is 33.1 Å². The van der Waals surface area contributed by atoms with Crippen molar-refractivity contribution in [2.24, 2.45) is 0 Å². The van der Waals surface area contributed by atoms with E-state index in [1.165, 1.54) is 0 Å². The van der Waals surface area contributed by atoms with Gasteiger partial charge in [0.25, 0.3) is 0 Å². The van der Waals surface area contributed by atoms with Crippen LogP contribution in [0.1, 0.15) is 11.7 Å². The molecule has 0 aliphatic heterocycles. The van der Waals surface area contributed by atoms with Gasteiger partial charge in [-0.1, -0.05) is 0 Å². The van der Waals surface area contributed by atoms with Crippen molar-refractivity contribution < 1.29 is 24.8 Å². The zero-order chi connectivity index (χ0) is 10.7. The van der Waals surface area contributed by atoms with Gasteiger partial charge in [0, 0.05) is 5.56 Å². The molecule has 0 aliphatic carbocycles. The second-order valence-electron chi connectivity index (χ2n) is 2.90. The smallest absolute Gasteiger partial charge is 0.129 e. The van der Waals surface area contributed by atoms with Crippen molar-refractivity contribution in [3.8, 4) is 5.75 Å². The molecule has 0 fully saturated rings. The molecular formula is C9H11FO4. The summed E-state index contributed by atoms with van der Waals surface area (Å²) < 4.78 is 13.1. The van der Waals surface area contributed by atoms with E-state index in [-0.39, 0.29) is 11.3 Å². The van der Waals surface area contributed by atoms with E-state index < -0.39 is 24.6 Å². The molecule has 0 heterocycles. The Hall–Kier alpha value is -1.17. The van der Waals surface area contributed by atoms with Crippen LogP contribution >= 0.6 is 0 Å². The minimum atomic E-state index is -1.55. The largest absolute Gasteiger partial charge is 0.508 e. The van der Waals surface area contributed by atoms with E-state index in [4.69, 9.17) is 15.3 Å². The van der Waals surface area contributed by atoms with Crippen LogP contribution in [0.25, 0.3) is 0 Å². The molecule has 0 bridgehead atoms. The van der Waals surface area contributed by atoms with E-state index in [9.17, 15) is 9.50 Å². The van der Waals surface area contributed by atoms with Gasteiger partial charge < -0.3 is 20.4 Å². The average Bonchev–Trinajstić information content (AvgIpc) is 2.19. The van der Waals surface area contributed by atoms with Crippen molar-refractivity contribution in [2.75, 3.05) is 6.61 Å². The summed E-state index contributed by atoms with van der Waals surface area (Å²) >= 11 is 0. The van der Waals surface area contributed by atoms with Gasteiger partial charge >= 0.3 is 0 Å². The SMILES string of the molecule is OCC(O)C(O)c1cc(O)ccc1F. The van der Waals surface area contributed by atoms with Crippen LogP contribution in [0.4, 0.5) is 4.39 Å². The number of aliphatic hydroxyl groups is 3. The third kappa shape index (κ3) is 2.20. The van der Waals surface area contributed by atoms with E-state index in [0.29, 0.717) is 0 Å². The first-order chi connectivity index (χ1) is 6.56. The number of hydrogen-bond acceptors (Lipinski definition) is 4. The molecule has 0 spiro atoms. The van der Waals surface area contributed by atoms with Crippen molar-refractivity contribution in [1.29, 1.82) is 0 Å². The van der Waals surface area contributed by atoms with Crippen LogP contribution in [-0.2, 0) is 0 Å². The molecule has 4 nitrogen and oxygen atoms in total. The number of halogens is 1. The van der Waals surface area contributed by atoms with Gasteiger partial charge in [0.2, 0.25) is 0 Å². The molecule has 78 valence electrons. The lowest BCUT2D eigenvalue weighted by Crippen LogP contribution is -2.22. The Morgan fingerprint density at radius 1 is 1.29 bits per heavy atom. The van der Waals surface area contributed by atoms with Crippen molar-refractivity contribution in [3.63, 3.8) is 0 Å². The van der Waals surface area contributed by atoms with E-state index >= 15 is 0 Å². The summed E-state index contributed by atoms with van der Waals surface area (Å²) in [5.41, 5.74) is -0.244. The van der Waals surface area contributed by atoms with Gasteiger partial charge in [-0.15, -0.1) is 0 Å². The lowest BCUT2D eigenvalue weighted by Gasteiger charge is -2.16. The lowest BCUT2D eigenvalue weighted by atomic mass is 10.0. The molecule has 1 rings (SSSR count). The quantitative estimate of drug-likeness (QED) is 0.552. The van der Waals surface area contributed by atoms with E-state index in [0.717, 1.165) is 18.2 Å². The number of benzene rings is 1. The lowest BCUT2D eigenvalue weighted by molar-refractivity contribution is -0.0169. The molecule has 0 saturated carbocycles. The maximum absolute atomic E-state index is 13.1. The second kappa shape index (κ2) is 4.36. The van der Waals surface area contributed by atoms with E-state index in [1.54, 1.807) is 0 Å². The summed E-state index contributed by atoms with van der Waals surface area (Å²) in [6.45, 7) is -0.684. The topological polar surface area (TPSA) is 80.9 Å². The zero-order valence-electron chi connectivity index (χ0n) is 7.26. The molecule has 14 heavy (non-hydrogen) atoms. The minimum Gasteiger partial charge on any atom is -0.508 e. The highest BCUT2D eigenvalue weighted by atomic mass is 19.1. The van der Waals surface area contributed by atoms with E-state index in [1.807, 2.05) is 0 Å². The van der Waals surface area contributed by atoms with Gasteiger partial charge in [0.15, 0.2) is 0 Å². The van der Waals surface area contributed by atoms with Crippen LogP contribution in [0.15, 0.2) is 18.2 Å². The molecule has 1 aromatic carbocycles. The molecule has 1 aromatic rings. The van der Waals surface area contributed by atoms with Crippen molar-refractivity contribution in [3.05, 3.63) is 29.6 Å². The summed E-state index contributed by atoms with van der Waals surface area (Å²) in [5, 5.41) is 35.9. The minimum absolute atomic E-state index is 0.217. The van der Waals surface area contributed by atoms with Gasteiger partial charge in [-0.05, 0) is 18.2 Å². The third-order valence-corrected chi connectivity index (χ3v) is 1.85. The van der Waals surface area contributed by atoms with Crippen LogP contribution in [0, 0.1) is 5.82 Å². The van der Waals surface area contributed by atoms with Crippen LogP contribution < -0.4 is 0 Å².